The van der Waals surface area contributed by atoms with E-state index in [1.165, 1.54) is 17.8 Å². The van der Waals surface area contributed by atoms with Gasteiger partial charge in [-0.3, -0.25) is 0 Å². The van der Waals surface area contributed by atoms with Gasteiger partial charge in [0.1, 0.15) is 0 Å². The summed E-state index contributed by atoms with van der Waals surface area (Å²) in [6.07, 6.45) is 5.50. The molecule has 0 N–H and O–H groups in total. The van der Waals surface area contributed by atoms with E-state index in [-0.39, 0.29) is 0 Å². The van der Waals surface area contributed by atoms with E-state index < -0.39 is 0 Å². The SMILES string of the molecule is CCCC(C)(CBr)Cc1nccs1. The first-order valence-corrected chi connectivity index (χ1v) is 6.64. The summed E-state index contributed by atoms with van der Waals surface area (Å²) in [5, 5.41) is 4.37. The van der Waals surface area contributed by atoms with Gasteiger partial charge in [-0.1, -0.05) is 36.2 Å². The van der Waals surface area contributed by atoms with Gasteiger partial charge in [-0.25, -0.2) is 4.98 Å². The minimum atomic E-state index is 0.382. The molecule has 0 saturated carbocycles. The maximum absolute atomic E-state index is 4.33. The Balaban J connectivity index is 2.58. The normalized spacial score (nSPS) is 15.6. The van der Waals surface area contributed by atoms with Crippen LogP contribution in [0.1, 0.15) is 31.7 Å². The topological polar surface area (TPSA) is 12.9 Å². The molecule has 13 heavy (non-hydrogen) atoms. The smallest absolute Gasteiger partial charge is 0.0930 e. The number of rotatable bonds is 5. The van der Waals surface area contributed by atoms with Crippen LogP contribution in [0.5, 0.6) is 0 Å². The standard InChI is InChI=1S/C10H16BrNS/c1-3-4-10(2,8-11)7-9-12-5-6-13-9/h5-6H,3-4,7-8H2,1-2H3. The van der Waals surface area contributed by atoms with E-state index in [2.05, 4.69) is 40.1 Å². The highest BCUT2D eigenvalue weighted by Gasteiger charge is 2.23. The molecule has 0 aliphatic rings. The van der Waals surface area contributed by atoms with Crippen LogP contribution in [0.3, 0.4) is 0 Å². The van der Waals surface area contributed by atoms with Crippen molar-refractivity contribution in [3.63, 3.8) is 0 Å². The molecular formula is C10H16BrNS. The molecule has 0 bridgehead atoms. The molecule has 0 aliphatic heterocycles. The molecule has 0 spiro atoms. The van der Waals surface area contributed by atoms with Crippen molar-refractivity contribution in [2.45, 2.75) is 33.1 Å². The van der Waals surface area contributed by atoms with Crippen molar-refractivity contribution in [2.75, 3.05) is 5.33 Å². The fourth-order valence-electron chi connectivity index (χ4n) is 1.51. The van der Waals surface area contributed by atoms with Gasteiger partial charge in [0.25, 0.3) is 0 Å². The van der Waals surface area contributed by atoms with Gasteiger partial charge in [0.2, 0.25) is 0 Å². The molecule has 1 unspecified atom stereocenters. The second-order valence-corrected chi connectivity index (χ2v) is 5.34. The number of thiazole rings is 1. The minimum Gasteiger partial charge on any atom is -0.250 e. The molecule has 1 rings (SSSR count). The maximum Gasteiger partial charge on any atom is 0.0930 e. The van der Waals surface area contributed by atoms with Gasteiger partial charge in [-0.2, -0.15) is 0 Å². The third-order valence-electron chi connectivity index (χ3n) is 2.24. The highest BCUT2D eigenvalue weighted by atomic mass is 79.9. The molecule has 0 fully saturated rings. The first-order chi connectivity index (χ1) is 6.20. The highest BCUT2D eigenvalue weighted by molar-refractivity contribution is 9.09. The Kier molecular flexibility index (Phi) is 4.39. The van der Waals surface area contributed by atoms with Crippen LogP contribution < -0.4 is 0 Å². The first-order valence-electron chi connectivity index (χ1n) is 4.64. The van der Waals surface area contributed by atoms with Gasteiger partial charge >= 0.3 is 0 Å². The van der Waals surface area contributed by atoms with Crippen LogP contribution in [-0.4, -0.2) is 10.3 Å². The number of aromatic nitrogens is 1. The van der Waals surface area contributed by atoms with Crippen molar-refractivity contribution in [1.82, 2.24) is 4.98 Å². The number of alkyl halides is 1. The molecule has 0 amide bonds. The summed E-state index contributed by atoms with van der Waals surface area (Å²) in [4.78, 5) is 4.33. The number of nitrogens with zero attached hydrogens (tertiary/aromatic N) is 1. The predicted molar refractivity (Wildman–Crippen MR) is 62.6 cm³/mol. The summed E-state index contributed by atoms with van der Waals surface area (Å²) in [6, 6.07) is 0. The molecule has 1 aromatic heterocycles. The number of halogens is 1. The van der Waals surface area contributed by atoms with E-state index in [9.17, 15) is 0 Å². The number of hydrogen-bond acceptors (Lipinski definition) is 2. The zero-order valence-electron chi connectivity index (χ0n) is 8.22. The Morgan fingerprint density at radius 1 is 1.62 bits per heavy atom. The van der Waals surface area contributed by atoms with Crippen molar-refractivity contribution >= 4 is 27.3 Å². The van der Waals surface area contributed by atoms with Crippen molar-refractivity contribution in [1.29, 1.82) is 0 Å². The largest absolute Gasteiger partial charge is 0.250 e. The maximum atomic E-state index is 4.33. The summed E-state index contributed by atoms with van der Waals surface area (Å²) in [7, 11) is 0. The lowest BCUT2D eigenvalue weighted by molar-refractivity contribution is 0.340. The van der Waals surface area contributed by atoms with E-state index in [1.807, 2.05) is 6.20 Å². The Labute approximate surface area is 92.7 Å². The van der Waals surface area contributed by atoms with Gasteiger partial charge in [0.05, 0.1) is 5.01 Å². The van der Waals surface area contributed by atoms with E-state index in [1.54, 1.807) is 11.3 Å². The lowest BCUT2D eigenvalue weighted by Gasteiger charge is -2.25. The van der Waals surface area contributed by atoms with Gasteiger partial charge in [0, 0.05) is 23.3 Å². The summed E-state index contributed by atoms with van der Waals surface area (Å²) in [6.45, 7) is 4.56. The lowest BCUT2D eigenvalue weighted by Crippen LogP contribution is -2.21. The fraction of sp³-hybridized carbons (Fsp3) is 0.700. The molecule has 3 heteroatoms. The second-order valence-electron chi connectivity index (χ2n) is 3.80. The van der Waals surface area contributed by atoms with Crippen LogP contribution in [-0.2, 0) is 6.42 Å². The van der Waals surface area contributed by atoms with Gasteiger partial charge < -0.3 is 0 Å². The third kappa shape index (κ3) is 3.39. The van der Waals surface area contributed by atoms with Gasteiger partial charge in [-0.15, -0.1) is 11.3 Å². The van der Waals surface area contributed by atoms with E-state index in [0.717, 1.165) is 11.8 Å². The van der Waals surface area contributed by atoms with Gasteiger partial charge in [0.15, 0.2) is 0 Å². The van der Waals surface area contributed by atoms with Crippen LogP contribution in [0.15, 0.2) is 11.6 Å². The quantitative estimate of drug-likeness (QED) is 0.734. The molecular weight excluding hydrogens is 246 g/mol. The summed E-state index contributed by atoms with van der Waals surface area (Å²) in [5.41, 5.74) is 0.382. The van der Waals surface area contributed by atoms with E-state index in [0.29, 0.717) is 5.41 Å². The second kappa shape index (κ2) is 5.11. The summed E-state index contributed by atoms with van der Waals surface area (Å²) in [5.74, 6) is 0. The molecule has 0 aliphatic carbocycles. The Morgan fingerprint density at radius 2 is 2.38 bits per heavy atom. The van der Waals surface area contributed by atoms with Crippen LogP contribution in [0.2, 0.25) is 0 Å². The van der Waals surface area contributed by atoms with Crippen molar-refractivity contribution in [3.05, 3.63) is 16.6 Å². The molecule has 0 radical (unpaired) electrons. The highest BCUT2D eigenvalue weighted by Crippen LogP contribution is 2.30. The zero-order chi connectivity index (χ0) is 9.73. The van der Waals surface area contributed by atoms with Gasteiger partial charge in [-0.05, 0) is 11.8 Å². The van der Waals surface area contributed by atoms with Crippen LogP contribution >= 0.6 is 27.3 Å². The van der Waals surface area contributed by atoms with E-state index in [4.69, 9.17) is 0 Å². The third-order valence-corrected chi connectivity index (χ3v) is 4.37. The fourth-order valence-corrected chi connectivity index (χ4v) is 2.82. The van der Waals surface area contributed by atoms with E-state index >= 15 is 0 Å². The van der Waals surface area contributed by atoms with Crippen LogP contribution in [0.4, 0.5) is 0 Å². The Morgan fingerprint density at radius 3 is 2.85 bits per heavy atom. The average molecular weight is 262 g/mol. The number of hydrogen-bond donors (Lipinski definition) is 0. The monoisotopic (exact) mass is 261 g/mol. The average Bonchev–Trinajstić information content (AvgIpc) is 2.57. The first kappa shape index (κ1) is 11.2. The Bertz CT molecular complexity index is 235. The van der Waals surface area contributed by atoms with Crippen molar-refractivity contribution in [2.24, 2.45) is 5.41 Å². The molecule has 1 heterocycles. The molecule has 1 atom stereocenters. The van der Waals surface area contributed by atoms with Crippen molar-refractivity contribution < 1.29 is 0 Å². The summed E-state index contributed by atoms with van der Waals surface area (Å²) >= 11 is 5.35. The zero-order valence-corrected chi connectivity index (χ0v) is 10.6. The summed E-state index contributed by atoms with van der Waals surface area (Å²) < 4.78 is 0. The minimum absolute atomic E-state index is 0.382. The molecule has 1 aromatic rings. The molecule has 0 aromatic carbocycles. The van der Waals surface area contributed by atoms with Crippen LogP contribution in [0, 0.1) is 5.41 Å². The molecule has 74 valence electrons. The van der Waals surface area contributed by atoms with Crippen LogP contribution in [0.25, 0.3) is 0 Å². The lowest BCUT2D eigenvalue weighted by atomic mass is 9.85. The van der Waals surface area contributed by atoms with Crippen molar-refractivity contribution in [3.8, 4) is 0 Å². The Hall–Kier alpha value is 0.110. The molecule has 0 saturated heterocycles. The predicted octanol–water partition coefficient (Wildman–Crippen LogP) is 3.89. The molecule has 1 nitrogen and oxygen atoms in total.